The first-order valence-electron chi connectivity index (χ1n) is 7.20. The molecule has 0 unspecified atom stereocenters. The minimum atomic E-state index is -0.130. The van der Waals surface area contributed by atoms with E-state index in [0.717, 1.165) is 37.1 Å². The molecule has 1 saturated carbocycles. The highest BCUT2D eigenvalue weighted by Gasteiger charge is 2.29. The van der Waals surface area contributed by atoms with E-state index in [9.17, 15) is 4.39 Å². The zero-order valence-electron chi connectivity index (χ0n) is 11.4. The molecule has 0 spiro atoms. The zero-order valence-corrected chi connectivity index (χ0v) is 11.4. The van der Waals surface area contributed by atoms with Crippen LogP contribution in [0.4, 0.5) is 4.39 Å². The third-order valence-electron chi connectivity index (χ3n) is 4.00. The van der Waals surface area contributed by atoms with Gasteiger partial charge in [0.1, 0.15) is 5.82 Å². The van der Waals surface area contributed by atoms with Gasteiger partial charge in [-0.2, -0.15) is 0 Å². The van der Waals surface area contributed by atoms with Crippen molar-refractivity contribution in [2.24, 2.45) is 0 Å². The second kappa shape index (κ2) is 6.14. The van der Waals surface area contributed by atoms with Gasteiger partial charge < -0.3 is 5.32 Å². The van der Waals surface area contributed by atoms with Crippen LogP contribution in [0.25, 0.3) is 0 Å². The third kappa shape index (κ3) is 3.23. The maximum Gasteiger partial charge on any atom is 0.123 e. The van der Waals surface area contributed by atoms with E-state index in [1.165, 1.54) is 6.07 Å². The van der Waals surface area contributed by atoms with Crippen LogP contribution in [0, 0.1) is 5.82 Å². The van der Waals surface area contributed by atoms with E-state index in [1.807, 2.05) is 24.4 Å². The highest BCUT2D eigenvalue weighted by atomic mass is 19.1. The quantitative estimate of drug-likeness (QED) is 0.901. The maximum atomic E-state index is 13.2. The van der Waals surface area contributed by atoms with Crippen molar-refractivity contribution in [2.45, 2.75) is 31.2 Å². The van der Waals surface area contributed by atoms with E-state index >= 15 is 0 Å². The summed E-state index contributed by atoms with van der Waals surface area (Å²) in [6.07, 6.45) is 5.00. The summed E-state index contributed by atoms with van der Waals surface area (Å²) in [5.74, 6) is 0.382. The van der Waals surface area contributed by atoms with Crippen molar-refractivity contribution in [1.82, 2.24) is 10.3 Å². The van der Waals surface area contributed by atoms with Crippen molar-refractivity contribution >= 4 is 0 Å². The Labute approximate surface area is 119 Å². The molecule has 2 nitrogen and oxygen atoms in total. The van der Waals surface area contributed by atoms with Gasteiger partial charge in [-0.3, -0.25) is 4.98 Å². The van der Waals surface area contributed by atoms with Crippen molar-refractivity contribution < 1.29 is 4.39 Å². The number of pyridine rings is 1. The predicted molar refractivity (Wildman–Crippen MR) is 78.1 cm³/mol. The second-order valence-electron chi connectivity index (χ2n) is 5.45. The Morgan fingerprint density at radius 1 is 1.15 bits per heavy atom. The first-order valence-corrected chi connectivity index (χ1v) is 7.20. The molecule has 1 fully saturated rings. The van der Waals surface area contributed by atoms with Gasteiger partial charge in [0, 0.05) is 30.9 Å². The lowest BCUT2D eigenvalue weighted by molar-refractivity contribution is 0.292. The molecule has 3 heteroatoms. The zero-order chi connectivity index (χ0) is 13.8. The highest BCUT2D eigenvalue weighted by Crippen LogP contribution is 2.36. The monoisotopic (exact) mass is 270 g/mol. The van der Waals surface area contributed by atoms with E-state index in [-0.39, 0.29) is 5.82 Å². The number of nitrogens with one attached hydrogen (secondary N) is 1. The van der Waals surface area contributed by atoms with Crippen LogP contribution in [-0.4, -0.2) is 17.6 Å². The minimum Gasteiger partial charge on any atom is -0.314 e. The molecule has 104 valence electrons. The fourth-order valence-electron chi connectivity index (χ4n) is 2.77. The SMILES string of the molecule is Fc1cccc(C2CC(NCCc3ccccn3)C2)c1. The van der Waals surface area contributed by atoms with Crippen molar-refractivity contribution in [3.63, 3.8) is 0 Å². The van der Waals surface area contributed by atoms with Crippen LogP contribution < -0.4 is 5.32 Å². The summed E-state index contributed by atoms with van der Waals surface area (Å²) in [5, 5.41) is 3.55. The van der Waals surface area contributed by atoms with Crippen LogP contribution in [0.2, 0.25) is 0 Å². The van der Waals surface area contributed by atoms with Gasteiger partial charge in [0.2, 0.25) is 0 Å². The molecule has 2 aromatic rings. The molecule has 0 radical (unpaired) electrons. The number of benzene rings is 1. The number of nitrogens with zero attached hydrogens (tertiary/aromatic N) is 1. The molecule has 0 bridgehead atoms. The molecule has 20 heavy (non-hydrogen) atoms. The van der Waals surface area contributed by atoms with Crippen molar-refractivity contribution in [2.75, 3.05) is 6.54 Å². The van der Waals surface area contributed by atoms with Gasteiger partial charge in [-0.25, -0.2) is 4.39 Å². The van der Waals surface area contributed by atoms with Crippen molar-refractivity contribution in [1.29, 1.82) is 0 Å². The summed E-state index contributed by atoms with van der Waals surface area (Å²) in [6.45, 7) is 0.956. The van der Waals surface area contributed by atoms with Crippen LogP contribution in [0.5, 0.6) is 0 Å². The lowest BCUT2D eigenvalue weighted by atomic mass is 9.76. The molecular formula is C17H19FN2. The van der Waals surface area contributed by atoms with E-state index in [2.05, 4.69) is 16.4 Å². The smallest absolute Gasteiger partial charge is 0.123 e. The summed E-state index contributed by atoms with van der Waals surface area (Å²) < 4.78 is 13.2. The topological polar surface area (TPSA) is 24.9 Å². The van der Waals surface area contributed by atoms with Crippen LogP contribution in [-0.2, 0) is 6.42 Å². The van der Waals surface area contributed by atoms with Gasteiger partial charge in [0.15, 0.2) is 0 Å². The summed E-state index contributed by atoms with van der Waals surface area (Å²) in [7, 11) is 0. The number of hydrogen-bond donors (Lipinski definition) is 1. The van der Waals surface area contributed by atoms with Crippen LogP contribution >= 0.6 is 0 Å². The third-order valence-corrected chi connectivity index (χ3v) is 4.00. The fraction of sp³-hybridized carbons (Fsp3) is 0.353. The van der Waals surface area contributed by atoms with Gasteiger partial charge in [-0.1, -0.05) is 18.2 Å². The Balaban J connectivity index is 1.40. The van der Waals surface area contributed by atoms with E-state index in [0.29, 0.717) is 12.0 Å². The molecular weight excluding hydrogens is 251 g/mol. The molecule has 1 aromatic heterocycles. The summed E-state index contributed by atoms with van der Waals surface area (Å²) >= 11 is 0. The van der Waals surface area contributed by atoms with Crippen LogP contribution in [0.3, 0.4) is 0 Å². The Hall–Kier alpha value is -1.74. The van der Waals surface area contributed by atoms with E-state index in [4.69, 9.17) is 0 Å². The normalized spacial score (nSPS) is 21.4. The highest BCUT2D eigenvalue weighted by molar-refractivity contribution is 5.23. The van der Waals surface area contributed by atoms with Crippen molar-refractivity contribution in [3.05, 3.63) is 65.7 Å². The lowest BCUT2D eigenvalue weighted by Crippen LogP contribution is -2.41. The fourth-order valence-corrected chi connectivity index (χ4v) is 2.77. The Morgan fingerprint density at radius 2 is 2.05 bits per heavy atom. The van der Waals surface area contributed by atoms with Gasteiger partial charge in [0.05, 0.1) is 0 Å². The first kappa shape index (κ1) is 13.3. The molecule has 0 amide bonds. The average Bonchev–Trinajstić information content (AvgIpc) is 2.42. The summed E-state index contributed by atoms with van der Waals surface area (Å²) in [4.78, 5) is 4.31. The van der Waals surface area contributed by atoms with E-state index in [1.54, 1.807) is 12.1 Å². The molecule has 0 saturated heterocycles. The maximum absolute atomic E-state index is 13.2. The standard InChI is InChI=1S/C17H19FN2/c18-15-5-3-4-13(10-15)14-11-17(12-14)20-9-7-16-6-1-2-8-19-16/h1-6,8,10,14,17,20H,7,9,11-12H2. The largest absolute Gasteiger partial charge is 0.314 e. The van der Waals surface area contributed by atoms with Gasteiger partial charge in [0.25, 0.3) is 0 Å². The van der Waals surface area contributed by atoms with Gasteiger partial charge >= 0.3 is 0 Å². The molecule has 3 rings (SSSR count). The molecule has 1 heterocycles. The van der Waals surface area contributed by atoms with Gasteiger partial charge in [-0.15, -0.1) is 0 Å². The first-order chi connectivity index (χ1) is 9.81. The number of hydrogen-bond acceptors (Lipinski definition) is 2. The lowest BCUT2D eigenvalue weighted by Gasteiger charge is -2.36. The van der Waals surface area contributed by atoms with Crippen LogP contribution in [0.15, 0.2) is 48.7 Å². The summed E-state index contributed by atoms with van der Waals surface area (Å²) in [6, 6.07) is 13.6. The van der Waals surface area contributed by atoms with Crippen molar-refractivity contribution in [3.8, 4) is 0 Å². The van der Waals surface area contributed by atoms with Gasteiger partial charge in [-0.05, 0) is 48.6 Å². The molecule has 1 aliphatic carbocycles. The minimum absolute atomic E-state index is 0.130. The molecule has 0 atom stereocenters. The number of halogens is 1. The van der Waals surface area contributed by atoms with E-state index < -0.39 is 0 Å². The molecule has 1 aromatic carbocycles. The Kier molecular flexibility index (Phi) is 4.07. The molecule has 0 aliphatic heterocycles. The molecule has 1 N–H and O–H groups in total. The predicted octanol–water partition coefficient (Wildman–Crippen LogP) is 3.30. The second-order valence-corrected chi connectivity index (χ2v) is 5.45. The number of aromatic nitrogens is 1. The summed E-state index contributed by atoms with van der Waals surface area (Å²) in [5.41, 5.74) is 2.26. The Morgan fingerprint density at radius 3 is 2.80 bits per heavy atom. The number of rotatable bonds is 5. The Bertz CT molecular complexity index is 550. The average molecular weight is 270 g/mol. The molecule has 1 aliphatic rings. The van der Waals surface area contributed by atoms with Crippen LogP contribution in [0.1, 0.15) is 30.0 Å².